The fourth-order valence-electron chi connectivity index (χ4n) is 3.48. The molecule has 1 aromatic carbocycles. The number of rotatable bonds is 5. The van der Waals surface area contributed by atoms with Gasteiger partial charge in [-0.2, -0.15) is 5.10 Å². The number of fused-ring (bicyclic) bond motifs is 1. The Bertz CT molecular complexity index is 810. The highest BCUT2D eigenvalue weighted by Crippen LogP contribution is 2.41. The molecule has 0 spiro atoms. The lowest BCUT2D eigenvalue weighted by atomic mass is 9.74. The van der Waals surface area contributed by atoms with Gasteiger partial charge in [0.15, 0.2) is 0 Å². The smallest absolute Gasteiger partial charge is 0.212 e. The zero-order valence-corrected chi connectivity index (χ0v) is 15.3. The molecule has 0 bridgehead atoms. The molecule has 1 aromatic heterocycles. The molecule has 1 aliphatic rings. The Morgan fingerprint density at radius 1 is 1.29 bits per heavy atom. The van der Waals surface area contributed by atoms with Crippen molar-refractivity contribution in [2.24, 2.45) is 5.41 Å². The molecule has 24 heavy (non-hydrogen) atoms. The second-order valence-corrected chi connectivity index (χ2v) is 9.20. The van der Waals surface area contributed by atoms with Crippen LogP contribution < -0.4 is 4.72 Å². The second kappa shape index (κ2) is 6.33. The summed E-state index contributed by atoms with van der Waals surface area (Å²) in [4.78, 5) is 0. The van der Waals surface area contributed by atoms with Crippen LogP contribution in [0.4, 0.5) is 0 Å². The standard InChI is InChI=1S/C18H25N3O2S/c1-4-10-24(22,23)20-16-11-18(2,3)12-17-15(16)13-19-21(17)14-8-6-5-7-9-14/h5-9,13,16,20H,4,10-12H2,1-3H3. The number of aromatic nitrogens is 2. The van der Waals surface area contributed by atoms with E-state index in [0.717, 1.165) is 29.8 Å². The Morgan fingerprint density at radius 2 is 2.00 bits per heavy atom. The van der Waals surface area contributed by atoms with Crippen molar-refractivity contribution in [2.75, 3.05) is 5.75 Å². The molecule has 0 amide bonds. The van der Waals surface area contributed by atoms with Gasteiger partial charge >= 0.3 is 0 Å². The van der Waals surface area contributed by atoms with Crippen LogP contribution in [-0.4, -0.2) is 24.0 Å². The van der Waals surface area contributed by atoms with Crippen LogP contribution in [0.15, 0.2) is 36.5 Å². The molecular weight excluding hydrogens is 322 g/mol. The van der Waals surface area contributed by atoms with Crippen LogP contribution in [0.5, 0.6) is 0 Å². The van der Waals surface area contributed by atoms with Gasteiger partial charge in [-0.3, -0.25) is 0 Å². The SMILES string of the molecule is CCCS(=O)(=O)NC1CC(C)(C)Cc2c1cnn2-c1ccccc1. The van der Waals surface area contributed by atoms with E-state index in [0.29, 0.717) is 6.42 Å². The van der Waals surface area contributed by atoms with Gasteiger partial charge in [-0.05, 0) is 36.8 Å². The van der Waals surface area contributed by atoms with Gasteiger partial charge in [-0.25, -0.2) is 17.8 Å². The molecule has 1 atom stereocenters. The maximum Gasteiger partial charge on any atom is 0.212 e. The molecule has 0 aliphatic heterocycles. The van der Waals surface area contributed by atoms with E-state index in [2.05, 4.69) is 23.7 Å². The summed E-state index contributed by atoms with van der Waals surface area (Å²) in [7, 11) is -3.27. The Balaban J connectivity index is 2.00. The van der Waals surface area contributed by atoms with Gasteiger partial charge < -0.3 is 0 Å². The summed E-state index contributed by atoms with van der Waals surface area (Å²) in [5.74, 6) is 0.159. The fraction of sp³-hybridized carbons (Fsp3) is 0.500. The van der Waals surface area contributed by atoms with Crippen molar-refractivity contribution >= 4 is 10.0 Å². The molecule has 3 rings (SSSR count). The molecule has 1 N–H and O–H groups in total. The van der Waals surface area contributed by atoms with Crippen LogP contribution in [0.1, 0.15) is 50.9 Å². The van der Waals surface area contributed by atoms with Crippen LogP contribution in [0, 0.1) is 5.41 Å². The minimum absolute atomic E-state index is 0.0129. The maximum absolute atomic E-state index is 12.3. The van der Waals surface area contributed by atoms with Gasteiger partial charge in [0.1, 0.15) is 0 Å². The predicted octanol–water partition coefficient (Wildman–Crippen LogP) is 3.22. The molecule has 0 saturated carbocycles. The number of benzene rings is 1. The third-order valence-electron chi connectivity index (χ3n) is 4.47. The van der Waals surface area contributed by atoms with Crippen LogP contribution in [0.25, 0.3) is 5.69 Å². The molecule has 2 aromatic rings. The lowest BCUT2D eigenvalue weighted by Gasteiger charge is -2.35. The van der Waals surface area contributed by atoms with E-state index in [-0.39, 0.29) is 17.2 Å². The second-order valence-electron chi connectivity index (χ2n) is 7.33. The summed E-state index contributed by atoms with van der Waals surface area (Å²) >= 11 is 0. The Kier molecular flexibility index (Phi) is 4.53. The summed E-state index contributed by atoms with van der Waals surface area (Å²) < 4.78 is 29.3. The lowest BCUT2D eigenvalue weighted by molar-refractivity contribution is 0.268. The topological polar surface area (TPSA) is 64.0 Å². The number of nitrogens with zero attached hydrogens (tertiary/aromatic N) is 2. The van der Waals surface area contributed by atoms with Gasteiger partial charge in [0.05, 0.1) is 23.7 Å². The Morgan fingerprint density at radius 3 is 2.67 bits per heavy atom. The van der Waals surface area contributed by atoms with Crippen LogP contribution >= 0.6 is 0 Å². The zero-order chi connectivity index (χ0) is 17.4. The number of para-hydroxylation sites is 1. The molecule has 1 aliphatic carbocycles. The monoisotopic (exact) mass is 347 g/mol. The summed E-state index contributed by atoms with van der Waals surface area (Å²) in [6.07, 6.45) is 4.09. The van der Waals surface area contributed by atoms with Crippen LogP contribution in [0.2, 0.25) is 0 Å². The first-order chi connectivity index (χ1) is 11.3. The van der Waals surface area contributed by atoms with E-state index < -0.39 is 10.0 Å². The first kappa shape index (κ1) is 17.2. The van der Waals surface area contributed by atoms with E-state index in [4.69, 9.17) is 0 Å². The van der Waals surface area contributed by atoms with Gasteiger partial charge in [0.2, 0.25) is 10.0 Å². The molecule has 0 fully saturated rings. The normalized spacial score (nSPS) is 19.9. The quantitative estimate of drug-likeness (QED) is 0.903. The van der Waals surface area contributed by atoms with Crippen molar-refractivity contribution in [2.45, 2.75) is 46.1 Å². The van der Waals surface area contributed by atoms with Gasteiger partial charge in [-0.1, -0.05) is 39.0 Å². The first-order valence-corrected chi connectivity index (χ1v) is 10.1. The van der Waals surface area contributed by atoms with Crippen molar-refractivity contribution in [3.05, 3.63) is 47.8 Å². The third kappa shape index (κ3) is 3.54. The molecule has 0 saturated heterocycles. The number of nitrogens with one attached hydrogen (secondary N) is 1. The molecule has 6 heteroatoms. The number of hydrogen-bond acceptors (Lipinski definition) is 3. The zero-order valence-electron chi connectivity index (χ0n) is 14.5. The van der Waals surface area contributed by atoms with E-state index in [1.165, 1.54) is 0 Å². The van der Waals surface area contributed by atoms with Crippen LogP contribution in [0.3, 0.4) is 0 Å². The Hall–Kier alpha value is -1.66. The summed E-state index contributed by atoms with van der Waals surface area (Å²) in [5.41, 5.74) is 3.12. The van der Waals surface area contributed by atoms with Crippen molar-refractivity contribution in [3.8, 4) is 5.69 Å². The van der Waals surface area contributed by atoms with E-state index in [9.17, 15) is 8.42 Å². The molecule has 0 radical (unpaired) electrons. The highest BCUT2D eigenvalue weighted by atomic mass is 32.2. The van der Waals surface area contributed by atoms with Crippen molar-refractivity contribution in [1.82, 2.24) is 14.5 Å². The maximum atomic E-state index is 12.3. The average Bonchev–Trinajstić information content (AvgIpc) is 2.90. The van der Waals surface area contributed by atoms with Gasteiger partial charge in [-0.15, -0.1) is 0 Å². The molecule has 1 unspecified atom stereocenters. The highest BCUT2D eigenvalue weighted by molar-refractivity contribution is 7.89. The average molecular weight is 347 g/mol. The van der Waals surface area contributed by atoms with Crippen LogP contribution in [-0.2, 0) is 16.4 Å². The predicted molar refractivity (Wildman–Crippen MR) is 95.6 cm³/mol. The number of hydrogen-bond donors (Lipinski definition) is 1. The van der Waals surface area contributed by atoms with Crippen molar-refractivity contribution in [3.63, 3.8) is 0 Å². The van der Waals surface area contributed by atoms with E-state index in [1.54, 1.807) is 0 Å². The number of sulfonamides is 1. The first-order valence-electron chi connectivity index (χ1n) is 8.43. The third-order valence-corrected chi connectivity index (χ3v) is 6.06. The fourth-order valence-corrected chi connectivity index (χ4v) is 4.78. The van der Waals surface area contributed by atoms with Gasteiger partial charge in [0, 0.05) is 11.3 Å². The van der Waals surface area contributed by atoms with Gasteiger partial charge in [0.25, 0.3) is 0 Å². The minimum atomic E-state index is -3.27. The summed E-state index contributed by atoms with van der Waals surface area (Å²) in [6.45, 7) is 6.24. The molecule has 130 valence electrons. The van der Waals surface area contributed by atoms with E-state index in [1.807, 2.05) is 48.1 Å². The highest BCUT2D eigenvalue weighted by Gasteiger charge is 2.36. The Labute approximate surface area is 144 Å². The molecule has 5 nitrogen and oxygen atoms in total. The summed E-state index contributed by atoms with van der Waals surface area (Å²) in [5, 5.41) is 4.54. The largest absolute Gasteiger partial charge is 0.237 e. The van der Waals surface area contributed by atoms with Crippen molar-refractivity contribution < 1.29 is 8.42 Å². The lowest BCUT2D eigenvalue weighted by Crippen LogP contribution is -2.37. The van der Waals surface area contributed by atoms with Crippen molar-refractivity contribution in [1.29, 1.82) is 0 Å². The molecular formula is C18H25N3O2S. The minimum Gasteiger partial charge on any atom is -0.237 e. The van der Waals surface area contributed by atoms with E-state index >= 15 is 0 Å². The molecule has 1 heterocycles. The summed E-state index contributed by atoms with van der Waals surface area (Å²) in [6, 6.07) is 9.77.